The van der Waals surface area contributed by atoms with Crippen LogP contribution in [0.15, 0.2) is 48.5 Å². The molecule has 1 heterocycles. The molecule has 1 amide bonds. The Kier molecular flexibility index (Phi) is 4.67. The number of rotatable bonds is 4. The largest absolute Gasteiger partial charge is 0.394 e. The van der Waals surface area contributed by atoms with Crippen LogP contribution in [0.2, 0.25) is 0 Å². The summed E-state index contributed by atoms with van der Waals surface area (Å²) in [4.78, 5) is 14.3. The maximum atomic E-state index is 13.7. The van der Waals surface area contributed by atoms with Gasteiger partial charge in [-0.15, -0.1) is 0 Å². The molecule has 5 heteroatoms. The molecule has 1 saturated heterocycles. The van der Waals surface area contributed by atoms with Gasteiger partial charge in [0.05, 0.1) is 18.7 Å². The van der Waals surface area contributed by atoms with Crippen molar-refractivity contribution in [1.29, 1.82) is 5.26 Å². The highest BCUT2D eigenvalue weighted by Crippen LogP contribution is 2.46. The Morgan fingerprint density at radius 3 is 2.63 bits per heavy atom. The van der Waals surface area contributed by atoms with Crippen LogP contribution in [0.25, 0.3) is 11.1 Å². The monoisotopic (exact) mass is 364 g/mol. The molecule has 1 N–H and O–H groups in total. The summed E-state index contributed by atoms with van der Waals surface area (Å²) in [5, 5.41) is 19.7. The van der Waals surface area contributed by atoms with E-state index in [-0.39, 0.29) is 30.2 Å². The van der Waals surface area contributed by atoms with E-state index in [0.29, 0.717) is 0 Å². The maximum Gasteiger partial charge on any atom is 0.227 e. The number of nitrogens with zero attached hydrogens (tertiary/aromatic N) is 2. The molecular formula is C22H21FN2O2. The van der Waals surface area contributed by atoms with E-state index in [1.807, 2.05) is 30.3 Å². The molecule has 1 saturated carbocycles. The molecule has 2 aromatic rings. The molecule has 0 bridgehead atoms. The third-order valence-corrected chi connectivity index (χ3v) is 5.90. The summed E-state index contributed by atoms with van der Waals surface area (Å²) in [6, 6.07) is 15.1. The van der Waals surface area contributed by atoms with Gasteiger partial charge in [0.25, 0.3) is 0 Å². The lowest BCUT2D eigenvalue weighted by Gasteiger charge is -2.53. The van der Waals surface area contributed by atoms with E-state index >= 15 is 0 Å². The van der Waals surface area contributed by atoms with Gasteiger partial charge in [-0.3, -0.25) is 4.79 Å². The fraction of sp³-hybridized carbons (Fsp3) is 0.364. The first-order valence-electron chi connectivity index (χ1n) is 9.33. The van der Waals surface area contributed by atoms with Crippen molar-refractivity contribution in [2.24, 2.45) is 5.92 Å². The highest BCUT2D eigenvalue weighted by molar-refractivity contribution is 5.83. The zero-order valence-corrected chi connectivity index (χ0v) is 14.9. The van der Waals surface area contributed by atoms with Gasteiger partial charge in [0, 0.05) is 11.8 Å². The Bertz CT molecular complexity index is 903. The SMILES string of the molecule is N#C[C@H]1[C@@H](c2ccccc2-c2cccc(F)c2)[C@@H](CO)N1C(=O)C1CCC1. The molecule has 4 rings (SSSR count). The summed E-state index contributed by atoms with van der Waals surface area (Å²) >= 11 is 0. The van der Waals surface area contributed by atoms with E-state index < -0.39 is 12.1 Å². The summed E-state index contributed by atoms with van der Waals surface area (Å²) in [5.41, 5.74) is 2.42. The minimum atomic E-state index is -0.607. The zero-order valence-electron chi connectivity index (χ0n) is 14.9. The van der Waals surface area contributed by atoms with Gasteiger partial charge in [-0.05, 0) is 41.7 Å². The third kappa shape index (κ3) is 2.90. The summed E-state index contributed by atoms with van der Waals surface area (Å²) in [7, 11) is 0. The van der Waals surface area contributed by atoms with Gasteiger partial charge in [0.1, 0.15) is 11.9 Å². The third-order valence-electron chi connectivity index (χ3n) is 5.90. The van der Waals surface area contributed by atoms with Crippen molar-refractivity contribution in [3.8, 4) is 17.2 Å². The molecular weight excluding hydrogens is 343 g/mol. The fourth-order valence-corrected chi connectivity index (χ4v) is 4.26. The van der Waals surface area contributed by atoms with E-state index in [1.54, 1.807) is 11.0 Å². The molecule has 2 aromatic carbocycles. The standard InChI is InChI=1S/C22H21FN2O2/c23-16-8-4-7-15(11-16)17-9-1-2-10-18(17)21-19(12-24)25(20(21)13-26)22(27)14-5-3-6-14/h1-2,4,7-11,14,19-21,26H,3,5-6,13H2/t19-,20+,21+/m0/s1. The number of hydrogen-bond acceptors (Lipinski definition) is 3. The Morgan fingerprint density at radius 2 is 2.00 bits per heavy atom. The number of nitriles is 1. The molecule has 1 aliphatic heterocycles. The van der Waals surface area contributed by atoms with E-state index in [2.05, 4.69) is 6.07 Å². The molecule has 138 valence electrons. The smallest absolute Gasteiger partial charge is 0.227 e. The number of aliphatic hydroxyl groups excluding tert-OH is 1. The van der Waals surface area contributed by atoms with Crippen molar-refractivity contribution in [2.45, 2.75) is 37.3 Å². The average Bonchev–Trinajstić information content (AvgIpc) is 2.60. The lowest BCUT2D eigenvalue weighted by atomic mass is 9.71. The Balaban J connectivity index is 1.71. The topological polar surface area (TPSA) is 64.3 Å². The highest BCUT2D eigenvalue weighted by Gasteiger charge is 2.53. The van der Waals surface area contributed by atoms with Crippen LogP contribution in [0.3, 0.4) is 0 Å². The normalized spacial score (nSPS) is 24.6. The zero-order chi connectivity index (χ0) is 19.0. The molecule has 0 aromatic heterocycles. The summed E-state index contributed by atoms with van der Waals surface area (Å²) in [6.07, 6.45) is 2.75. The van der Waals surface area contributed by atoms with Gasteiger partial charge < -0.3 is 10.0 Å². The van der Waals surface area contributed by atoms with Crippen LogP contribution in [-0.2, 0) is 4.79 Å². The Hall–Kier alpha value is -2.71. The second-order valence-electron chi connectivity index (χ2n) is 7.32. The fourth-order valence-electron chi connectivity index (χ4n) is 4.26. The van der Waals surface area contributed by atoms with Crippen LogP contribution in [0, 0.1) is 23.1 Å². The number of halogens is 1. The van der Waals surface area contributed by atoms with E-state index in [1.165, 1.54) is 12.1 Å². The molecule has 2 aliphatic rings. The van der Waals surface area contributed by atoms with Crippen molar-refractivity contribution in [3.63, 3.8) is 0 Å². The van der Waals surface area contributed by atoms with Gasteiger partial charge in [0.2, 0.25) is 5.91 Å². The van der Waals surface area contributed by atoms with Gasteiger partial charge >= 0.3 is 0 Å². The first-order valence-corrected chi connectivity index (χ1v) is 9.33. The molecule has 27 heavy (non-hydrogen) atoms. The average molecular weight is 364 g/mol. The van der Waals surface area contributed by atoms with Gasteiger partial charge in [-0.2, -0.15) is 5.26 Å². The molecule has 3 atom stereocenters. The number of likely N-dealkylation sites (tertiary alicyclic amines) is 1. The van der Waals surface area contributed by atoms with E-state index in [9.17, 15) is 19.6 Å². The van der Waals surface area contributed by atoms with Gasteiger partial charge in [0.15, 0.2) is 0 Å². The Labute approximate surface area is 157 Å². The maximum absolute atomic E-state index is 13.7. The molecule has 0 unspecified atom stereocenters. The lowest BCUT2D eigenvalue weighted by Crippen LogP contribution is -2.66. The summed E-state index contributed by atoms with van der Waals surface area (Å²) < 4.78 is 13.7. The first kappa shape index (κ1) is 17.7. The van der Waals surface area contributed by atoms with Crippen molar-refractivity contribution < 1.29 is 14.3 Å². The van der Waals surface area contributed by atoms with E-state index in [4.69, 9.17) is 0 Å². The molecule has 0 radical (unpaired) electrons. The van der Waals surface area contributed by atoms with E-state index in [0.717, 1.165) is 36.0 Å². The summed E-state index contributed by atoms with van der Waals surface area (Å²) in [5.74, 6) is -0.655. The summed E-state index contributed by atoms with van der Waals surface area (Å²) in [6.45, 7) is -0.196. The molecule has 4 nitrogen and oxygen atoms in total. The van der Waals surface area contributed by atoms with Crippen LogP contribution in [0.4, 0.5) is 4.39 Å². The number of amides is 1. The van der Waals surface area contributed by atoms with Crippen LogP contribution in [0.1, 0.15) is 30.7 Å². The van der Waals surface area contributed by atoms with Crippen LogP contribution < -0.4 is 0 Å². The number of hydrogen-bond donors (Lipinski definition) is 1. The van der Waals surface area contributed by atoms with Crippen LogP contribution in [-0.4, -0.2) is 34.6 Å². The van der Waals surface area contributed by atoms with Crippen molar-refractivity contribution in [1.82, 2.24) is 4.90 Å². The number of carbonyl (C=O) groups excluding carboxylic acids is 1. The second kappa shape index (κ2) is 7.13. The number of carbonyl (C=O) groups is 1. The minimum absolute atomic E-state index is 0.0192. The highest BCUT2D eigenvalue weighted by atomic mass is 19.1. The molecule has 1 aliphatic carbocycles. The molecule has 2 fully saturated rings. The van der Waals surface area contributed by atoms with Crippen LogP contribution >= 0.6 is 0 Å². The molecule has 0 spiro atoms. The quantitative estimate of drug-likeness (QED) is 0.903. The van der Waals surface area contributed by atoms with Crippen molar-refractivity contribution in [3.05, 3.63) is 59.9 Å². The predicted molar refractivity (Wildman–Crippen MR) is 99.0 cm³/mol. The minimum Gasteiger partial charge on any atom is -0.394 e. The number of benzene rings is 2. The van der Waals surface area contributed by atoms with Crippen molar-refractivity contribution in [2.75, 3.05) is 6.61 Å². The first-order chi connectivity index (χ1) is 13.2. The predicted octanol–water partition coefficient (Wildman–Crippen LogP) is 3.47. The van der Waals surface area contributed by atoms with Crippen LogP contribution in [0.5, 0.6) is 0 Å². The second-order valence-corrected chi connectivity index (χ2v) is 7.32. The van der Waals surface area contributed by atoms with Gasteiger partial charge in [-0.25, -0.2) is 4.39 Å². The van der Waals surface area contributed by atoms with Gasteiger partial charge in [-0.1, -0.05) is 42.8 Å². The Morgan fingerprint density at radius 1 is 1.22 bits per heavy atom. The van der Waals surface area contributed by atoms with Crippen molar-refractivity contribution >= 4 is 5.91 Å². The lowest BCUT2D eigenvalue weighted by molar-refractivity contribution is -0.154. The number of aliphatic hydroxyl groups is 1.